The minimum absolute atomic E-state index is 0.0315. The fraction of sp³-hybridized carbons (Fsp3) is 0.176. The van der Waals surface area contributed by atoms with E-state index < -0.39 is 21.1 Å². The first kappa shape index (κ1) is 18.4. The normalized spacial score (nSPS) is 11.7. The molecule has 1 heterocycles. The second kappa shape index (κ2) is 6.40. The third-order valence-corrected chi connectivity index (χ3v) is 6.62. The van der Waals surface area contributed by atoms with Gasteiger partial charge in [0.1, 0.15) is 0 Å². The van der Waals surface area contributed by atoms with Crippen LogP contribution in [0.4, 0.5) is 5.69 Å². The van der Waals surface area contributed by atoms with Crippen molar-refractivity contribution >= 4 is 42.7 Å². The molecule has 0 aliphatic heterocycles. The summed E-state index contributed by atoms with van der Waals surface area (Å²) < 4.78 is 30.3. The Balaban J connectivity index is 2.20. The van der Waals surface area contributed by atoms with Crippen LogP contribution in [-0.2, 0) is 24.1 Å². The van der Waals surface area contributed by atoms with Crippen molar-refractivity contribution in [3.63, 3.8) is 0 Å². The number of fused-ring (bicyclic) bond motifs is 1. The largest absolute Gasteiger partial charge is 0.316 e. The molecule has 0 amide bonds. The zero-order valence-electron chi connectivity index (χ0n) is 14.3. The quantitative estimate of drug-likeness (QED) is 0.585. The molecular formula is C17H16BrN3O4S. The number of hydrogen-bond donors (Lipinski definition) is 0. The summed E-state index contributed by atoms with van der Waals surface area (Å²) in [5.74, 6) is 0. The van der Waals surface area contributed by atoms with Crippen molar-refractivity contribution in [2.24, 2.45) is 14.1 Å². The summed E-state index contributed by atoms with van der Waals surface area (Å²) in [6.45, 7) is 0. The van der Waals surface area contributed by atoms with Gasteiger partial charge in [0.15, 0.2) is 0 Å². The Kier molecular flexibility index (Phi) is 4.53. The van der Waals surface area contributed by atoms with Gasteiger partial charge in [-0.15, -0.1) is 0 Å². The molecule has 0 aliphatic carbocycles. The fourth-order valence-corrected chi connectivity index (χ4v) is 4.15. The molecule has 0 spiro atoms. The Hall–Kier alpha value is -2.39. The standard InChI is InChI=1S/C17H16BrN3O4S/c1-19-14-9-8-13(10-15(14)20(2)17(23)16(19)22)26(24,25)21(3)12-6-4-11(18)5-7-12/h4-10H,1-3H3. The second-order valence-electron chi connectivity index (χ2n) is 5.83. The van der Waals surface area contributed by atoms with E-state index in [0.717, 1.165) is 9.04 Å². The van der Waals surface area contributed by atoms with Crippen LogP contribution in [0.25, 0.3) is 11.0 Å². The zero-order chi connectivity index (χ0) is 19.2. The van der Waals surface area contributed by atoms with Gasteiger partial charge in [0.2, 0.25) is 0 Å². The van der Waals surface area contributed by atoms with Crippen molar-refractivity contribution in [3.05, 3.63) is 67.6 Å². The van der Waals surface area contributed by atoms with Gasteiger partial charge in [-0.2, -0.15) is 0 Å². The van der Waals surface area contributed by atoms with E-state index in [2.05, 4.69) is 15.9 Å². The zero-order valence-corrected chi connectivity index (χ0v) is 16.7. The van der Waals surface area contributed by atoms with Crippen LogP contribution < -0.4 is 15.4 Å². The highest BCUT2D eigenvalue weighted by Crippen LogP contribution is 2.25. The number of halogens is 1. The molecule has 0 N–H and O–H groups in total. The molecule has 7 nitrogen and oxygen atoms in total. The number of aromatic nitrogens is 2. The van der Waals surface area contributed by atoms with Crippen molar-refractivity contribution in [1.82, 2.24) is 9.13 Å². The van der Waals surface area contributed by atoms with Crippen LogP contribution in [0.1, 0.15) is 0 Å². The van der Waals surface area contributed by atoms with E-state index in [1.807, 2.05) is 0 Å². The van der Waals surface area contributed by atoms with E-state index in [4.69, 9.17) is 0 Å². The van der Waals surface area contributed by atoms with Gasteiger partial charge in [0.25, 0.3) is 10.0 Å². The lowest BCUT2D eigenvalue weighted by Crippen LogP contribution is -2.39. The SMILES string of the molecule is CN(c1ccc(Br)cc1)S(=O)(=O)c1ccc2c(c1)n(C)c(=O)c(=O)n2C. The van der Waals surface area contributed by atoms with Crippen molar-refractivity contribution in [1.29, 1.82) is 0 Å². The lowest BCUT2D eigenvalue weighted by atomic mass is 10.3. The maximum Gasteiger partial charge on any atom is 0.316 e. The van der Waals surface area contributed by atoms with Crippen molar-refractivity contribution in [2.75, 3.05) is 11.4 Å². The first-order valence-electron chi connectivity index (χ1n) is 7.59. The number of benzene rings is 2. The predicted octanol–water partition coefficient (Wildman–Crippen LogP) is 1.82. The third kappa shape index (κ3) is 2.86. The van der Waals surface area contributed by atoms with Crippen LogP contribution in [0, 0.1) is 0 Å². The number of hydrogen-bond acceptors (Lipinski definition) is 4. The summed E-state index contributed by atoms with van der Waals surface area (Å²) >= 11 is 3.32. The minimum atomic E-state index is -3.83. The van der Waals surface area contributed by atoms with Crippen LogP contribution in [0.5, 0.6) is 0 Å². The van der Waals surface area contributed by atoms with Crippen molar-refractivity contribution in [3.8, 4) is 0 Å². The highest BCUT2D eigenvalue weighted by atomic mass is 79.9. The number of anilines is 1. The summed E-state index contributed by atoms with van der Waals surface area (Å²) in [5.41, 5.74) is -0.0363. The van der Waals surface area contributed by atoms with Gasteiger partial charge in [-0.05, 0) is 42.5 Å². The average Bonchev–Trinajstić information content (AvgIpc) is 2.64. The molecule has 26 heavy (non-hydrogen) atoms. The summed E-state index contributed by atoms with van der Waals surface area (Å²) in [7, 11) is 0.553. The molecule has 136 valence electrons. The lowest BCUT2D eigenvalue weighted by Gasteiger charge is -2.20. The highest BCUT2D eigenvalue weighted by Gasteiger charge is 2.22. The van der Waals surface area contributed by atoms with Crippen LogP contribution >= 0.6 is 15.9 Å². The summed E-state index contributed by atoms with van der Waals surface area (Å²) in [5, 5.41) is 0. The van der Waals surface area contributed by atoms with Crippen LogP contribution in [0.15, 0.2) is 61.4 Å². The molecule has 0 saturated heterocycles. The molecule has 2 aromatic carbocycles. The molecule has 0 unspecified atom stereocenters. The van der Waals surface area contributed by atoms with Gasteiger partial charge >= 0.3 is 11.1 Å². The van der Waals surface area contributed by atoms with Gasteiger partial charge in [-0.3, -0.25) is 13.9 Å². The first-order valence-corrected chi connectivity index (χ1v) is 9.82. The van der Waals surface area contributed by atoms with E-state index in [0.29, 0.717) is 16.7 Å². The monoisotopic (exact) mass is 437 g/mol. The lowest BCUT2D eigenvalue weighted by molar-refractivity contribution is 0.594. The van der Waals surface area contributed by atoms with E-state index in [1.165, 1.54) is 48.2 Å². The summed E-state index contributed by atoms with van der Waals surface area (Å²) in [6.07, 6.45) is 0. The first-order chi connectivity index (χ1) is 12.1. The molecule has 0 bridgehead atoms. The molecule has 0 atom stereocenters. The maximum atomic E-state index is 13.0. The fourth-order valence-electron chi connectivity index (χ4n) is 2.67. The smallest absolute Gasteiger partial charge is 0.305 e. The Labute approximate surface area is 158 Å². The molecule has 3 rings (SSSR count). The highest BCUT2D eigenvalue weighted by molar-refractivity contribution is 9.10. The molecule has 1 aromatic heterocycles. The van der Waals surface area contributed by atoms with Gasteiger partial charge in [-0.1, -0.05) is 15.9 Å². The summed E-state index contributed by atoms with van der Waals surface area (Å²) in [6, 6.07) is 11.2. The van der Waals surface area contributed by atoms with Gasteiger partial charge in [-0.25, -0.2) is 8.42 Å². The number of aryl methyl sites for hydroxylation is 2. The van der Waals surface area contributed by atoms with Gasteiger partial charge < -0.3 is 9.13 Å². The van der Waals surface area contributed by atoms with E-state index in [-0.39, 0.29) is 4.90 Å². The second-order valence-corrected chi connectivity index (χ2v) is 8.71. The van der Waals surface area contributed by atoms with E-state index in [1.54, 1.807) is 24.3 Å². The average molecular weight is 438 g/mol. The van der Waals surface area contributed by atoms with Crippen LogP contribution in [0.3, 0.4) is 0 Å². The Bertz CT molecular complexity index is 1230. The molecule has 0 radical (unpaired) electrons. The Morgan fingerprint density at radius 3 is 2.00 bits per heavy atom. The predicted molar refractivity (Wildman–Crippen MR) is 104 cm³/mol. The minimum Gasteiger partial charge on any atom is -0.305 e. The van der Waals surface area contributed by atoms with E-state index >= 15 is 0 Å². The molecule has 3 aromatic rings. The molecular weight excluding hydrogens is 422 g/mol. The molecule has 0 saturated carbocycles. The van der Waals surface area contributed by atoms with Crippen molar-refractivity contribution in [2.45, 2.75) is 4.90 Å². The molecule has 0 fully saturated rings. The van der Waals surface area contributed by atoms with Crippen LogP contribution in [-0.4, -0.2) is 24.6 Å². The Morgan fingerprint density at radius 2 is 1.42 bits per heavy atom. The van der Waals surface area contributed by atoms with Crippen LogP contribution in [0.2, 0.25) is 0 Å². The molecule has 9 heteroatoms. The number of nitrogens with zero attached hydrogens (tertiary/aromatic N) is 3. The maximum absolute atomic E-state index is 13.0. The van der Waals surface area contributed by atoms with E-state index in [9.17, 15) is 18.0 Å². The Morgan fingerprint density at radius 1 is 0.885 bits per heavy atom. The number of sulfonamides is 1. The topological polar surface area (TPSA) is 81.4 Å². The van der Waals surface area contributed by atoms with Crippen molar-refractivity contribution < 1.29 is 8.42 Å². The molecule has 0 aliphatic rings. The van der Waals surface area contributed by atoms with Gasteiger partial charge in [0, 0.05) is 25.6 Å². The van der Waals surface area contributed by atoms with Gasteiger partial charge in [0.05, 0.1) is 21.6 Å². The third-order valence-electron chi connectivity index (χ3n) is 4.31. The number of rotatable bonds is 3. The summed E-state index contributed by atoms with van der Waals surface area (Å²) in [4.78, 5) is 24.0.